The minimum Gasteiger partial charge on any atom is -0.313 e. The van der Waals surface area contributed by atoms with E-state index in [-0.39, 0.29) is 5.82 Å². The van der Waals surface area contributed by atoms with E-state index in [4.69, 9.17) is 0 Å². The summed E-state index contributed by atoms with van der Waals surface area (Å²) in [7, 11) is 0. The van der Waals surface area contributed by atoms with Gasteiger partial charge >= 0.3 is 0 Å². The fraction of sp³-hybridized carbons (Fsp3) is 0.538. The third-order valence-corrected chi connectivity index (χ3v) is 3.08. The highest BCUT2D eigenvalue weighted by Crippen LogP contribution is 2.16. The molecule has 1 rings (SSSR count). The lowest BCUT2D eigenvalue weighted by molar-refractivity contribution is 0.473. The summed E-state index contributed by atoms with van der Waals surface area (Å²) in [5, 5.41) is 6.77. The van der Waals surface area contributed by atoms with Gasteiger partial charge in [0.05, 0.1) is 4.47 Å². The van der Waals surface area contributed by atoms with Gasteiger partial charge in [0.1, 0.15) is 5.82 Å². The Morgan fingerprint density at radius 3 is 2.53 bits per heavy atom. The molecule has 0 spiro atoms. The molecule has 0 fully saturated rings. The second kappa shape index (κ2) is 7.09. The molecule has 0 bridgehead atoms. The molecule has 0 radical (unpaired) electrons. The van der Waals surface area contributed by atoms with E-state index < -0.39 is 0 Å². The van der Waals surface area contributed by atoms with Crippen LogP contribution in [0.1, 0.15) is 26.3 Å². The molecule has 2 N–H and O–H groups in total. The topological polar surface area (TPSA) is 24.1 Å². The molecule has 17 heavy (non-hydrogen) atoms. The highest BCUT2D eigenvalue weighted by Gasteiger charge is 2.04. The van der Waals surface area contributed by atoms with Crippen molar-refractivity contribution in [2.24, 2.45) is 0 Å². The second-order valence-electron chi connectivity index (χ2n) is 4.59. The van der Waals surface area contributed by atoms with E-state index in [1.54, 1.807) is 6.07 Å². The van der Waals surface area contributed by atoms with Crippen LogP contribution in [-0.4, -0.2) is 18.6 Å². The number of rotatable bonds is 6. The van der Waals surface area contributed by atoms with E-state index in [9.17, 15) is 4.39 Å². The van der Waals surface area contributed by atoms with Crippen molar-refractivity contribution in [2.75, 3.05) is 6.54 Å². The highest BCUT2D eigenvalue weighted by molar-refractivity contribution is 9.10. The summed E-state index contributed by atoms with van der Waals surface area (Å²) in [4.78, 5) is 0. The Labute approximate surface area is 111 Å². The fourth-order valence-corrected chi connectivity index (χ4v) is 1.85. The van der Waals surface area contributed by atoms with E-state index in [0.717, 1.165) is 18.7 Å². The van der Waals surface area contributed by atoms with Gasteiger partial charge in [-0.1, -0.05) is 19.9 Å². The normalized spacial score (nSPS) is 13.1. The first-order valence-corrected chi connectivity index (χ1v) is 6.69. The molecule has 1 atom stereocenters. The molecular weight excluding hydrogens is 283 g/mol. The molecule has 0 heterocycles. The largest absolute Gasteiger partial charge is 0.313 e. The zero-order valence-corrected chi connectivity index (χ0v) is 12.1. The number of nitrogens with one attached hydrogen (secondary N) is 2. The number of halogens is 2. The van der Waals surface area contributed by atoms with Gasteiger partial charge in [-0.2, -0.15) is 0 Å². The lowest BCUT2D eigenvalue weighted by Crippen LogP contribution is -2.38. The Hall–Kier alpha value is -0.450. The Morgan fingerprint density at radius 1 is 1.24 bits per heavy atom. The molecular formula is C13H20BrFN2. The lowest BCUT2D eigenvalue weighted by Gasteiger charge is -2.16. The quantitative estimate of drug-likeness (QED) is 0.844. The van der Waals surface area contributed by atoms with Crippen molar-refractivity contribution < 1.29 is 4.39 Å². The van der Waals surface area contributed by atoms with Crippen molar-refractivity contribution in [2.45, 2.75) is 39.4 Å². The van der Waals surface area contributed by atoms with Gasteiger partial charge in [0.2, 0.25) is 0 Å². The lowest BCUT2D eigenvalue weighted by atomic mass is 10.2. The molecule has 2 nitrogen and oxygen atoms in total. The Morgan fingerprint density at radius 2 is 1.94 bits per heavy atom. The van der Waals surface area contributed by atoms with Crippen molar-refractivity contribution in [1.82, 2.24) is 10.6 Å². The molecule has 0 amide bonds. The van der Waals surface area contributed by atoms with Crippen LogP contribution in [0.4, 0.5) is 4.39 Å². The van der Waals surface area contributed by atoms with E-state index >= 15 is 0 Å². The van der Waals surface area contributed by atoms with E-state index in [1.807, 2.05) is 6.07 Å². The molecule has 0 aliphatic heterocycles. The smallest absolute Gasteiger partial charge is 0.137 e. The first kappa shape index (κ1) is 14.6. The SMILES string of the molecule is CC(C)NCC(C)NCc1ccc(F)c(Br)c1. The van der Waals surface area contributed by atoms with Gasteiger partial charge in [-0.3, -0.25) is 0 Å². The van der Waals surface area contributed by atoms with Crippen molar-refractivity contribution in [3.63, 3.8) is 0 Å². The van der Waals surface area contributed by atoms with Gasteiger partial charge in [-0.05, 0) is 40.5 Å². The van der Waals surface area contributed by atoms with Crippen molar-refractivity contribution in [3.8, 4) is 0 Å². The molecule has 0 aromatic heterocycles. The zero-order valence-electron chi connectivity index (χ0n) is 10.6. The first-order chi connectivity index (χ1) is 7.99. The summed E-state index contributed by atoms with van der Waals surface area (Å²) in [6.07, 6.45) is 0. The van der Waals surface area contributed by atoms with Gasteiger partial charge in [0.25, 0.3) is 0 Å². The molecule has 0 aliphatic carbocycles. The molecule has 0 saturated carbocycles. The van der Waals surface area contributed by atoms with Gasteiger partial charge in [0, 0.05) is 25.2 Å². The average Bonchev–Trinajstić information content (AvgIpc) is 2.28. The van der Waals surface area contributed by atoms with Gasteiger partial charge in [-0.25, -0.2) is 4.39 Å². The van der Waals surface area contributed by atoms with Crippen LogP contribution < -0.4 is 10.6 Å². The maximum atomic E-state index is 13.0. The third-order valence-electron chi connectivity index (χ3n) is 2.47. The minimum absolute atomic E-state index is 0.219. The van der Waals surface area contributed by atoms with Crippen molar-refractivity contribution >= 4 is 15.9 Å². The van der Waals surface area contributed by atoms with Gasteiger partial charge in [0.15, 0.2) is 0 Å². The zero-order chi connectivity index (χ0) is 12.8. The minimum atomic E-state index is -0.219. The standard InChI is InChI=1S/C13H20BrFN2/c1-9(2)16-7-10(3)17-8-11-4-5-13(15)12(14)6-11/h4-6,9-10,16-17H,7-8H2,1-3H3. The van der Waals surface area contributed by atoms with E-state index in [2.05, 4.69) is 47.3 Å². The van der Waals surface area contributed by atoms with Crippen LogP contribution >= 0.6 is 15.9 Å². The second-order valence-corrected chi connectivity index (χ2v) is 5.45. The Bertz CT molecular complexity index is 355. The third kappa shape index (κ3) is 5.61. The Kier molecular flexibility index (Phi) is 6.09. The maximum absolute atomic E-state index is 13.0. The molecule has 1 aromatic rings. The summed E-state index contributed by atoms with van der Waals surface area (Å²) in [5.74, 6) is -0.219. The molecule has 0 saturated heterocycles. The van der Waals surface area contributed by atoms with E-state index in [0.29, 0.717) is 16.6 Å². The van der Waals surface area contributed by atoms with Gasteiger partial charge in [-0.15, -0.1) is 0 Å². The molecule has 1 unspecified atom stereocenters. The van der Waals surface area contributed by atoms with Crippen LogP contribution in [-0.2, 0) is 6.54 Å². The van der Waals surface area contributed by atoms with Crippen LogP contribution in [0.15, 0.2) is 22.7 Å². The summed E-state index contributed by atoms with van der Waals surface area (Å²) < 4.78 is 13.5. The molecule has 96 valence electrons. The number of benzene rings is 1. The predicted molar refractivity (Wildman–Crippen MR) is 73.5 cm³/mol. The number of hydrogen-bond donors (Lipinski definition) is 2. The summed E-state index contributed by atoms with van der Waals surface area (Å²) in [5.41, 5.74) is 1.08. The summed E-state index contributed by atoms with van der Waals surface area (Å²) in [6.45, 7) is 8.07. The van der Waals surface area contributed by atoms with Crippen LogP contribution in [0.3, 0.4) is 0 Å². The van der Waals surface area contributed by atoms with Crippen LogP contribution in [0.25, 0.3) is 0 Å². The molecule has 0 aliphatic rings. The Balaban J connectivity index is 2.36. The van der Waals surface area contributed by atoms with Gasteiger partial charge < -0.3 is 10.6 Å². The van der Waals surface area contributed by atoms with Crippen LogP contribution in [0.5, 0.6) is 0 Å². The highest BCUT2D eigenvalue weighted by atomic mass is 79.9. The number of hydrogen-bond acceptors (Lipinski definition) is 2. The fourth-order valence-electron chi connectivity index (χ4n) is 1.43. The van der Waals surface area contributed by atoms with E-state index in [1.165, 1.54) is 6.07 Å². The molecule has 4 heteroatoms. The predicted octanol–water partition coefficient (Wildman–Crippen LogP) is 3.06. The summed E-state index contributed by atoms with van der Waals surface area (Å²) >= 11 is 3.19. The first-order valence-electron chi connectivity index (χ1n) is 5.89. The molecule has 1 aromatic carbocycles. The summed E-state index contributed by atoms with van der Waals surface area (Å²) in [6, 6.07) is 5.99. The van der Waals surface area contributed by atoms with Crippen LogP contribution in [0.2, 0.25) is 0 Å². The van der Waals surface area contributed by atoms with Crippen molar-refractivity contribution in [1.29, 1.82) is 0 Å². The maximum Gasteiger partial charge on any atom is 0.137 e. The van der Waals surface area contributed by atoms with Crippen LogP contribution in [0, 0.1) is 5.82 Å². The van der Waals surface area contributed by atoms with Crippen molar-refractivity contribution in [3.05, 3.63) is 34.1 Å². The average molecular weight is 303 g/mol. The monoisotopic (exact) mass is 302 g/mol.